The first kappa shape index (κ1) is 14.4. The van der Waals surface area contributed by atoms with Crippen LogP contribution in [0.25, 0.3) is 0 Å². The summed E-state index contributed by atoms with van der Waals surface area (Å²) in [4.78, 5) is 12.8. The second kappa shape index (κ2) is 4.52. The minimum Gasteiger partial charge on any atom is -0.405 e. The van der Waals surface area contributed by atoms with Gasteiger partial charge in [-0.2, -0.15) is 13.2 Å². The van der Waals surface area contributed by atoms with Crippen LogP contribution in [-0.4, -0.2) is 11.3 Å². The summed E-state index contributed by atoms with van der Waals surface area (Å²) in [5.74, 6) is -1.63. The minimum atomic E-state index is -5.35. The first-order valence-corrected chi connectivity index (χ1v) is 4.34. The number of hydrogen-bond acceptors (Lipinski definition) is 3. The highest BCUT2D eigenvalue weighted by Crippen LogP contribution is 2.36. The minimum absolute atomic E-state index is 0.313. The number of alkyl halides is 6. The van der Waals surface area contributed by atoms with Gasteiger partial charge in [0.15, 0.2) is 5.56 Å². The highest BCUT2D eigenvalue weighted by Gasteiger charge is 2.42. The molecule has 1 heterocycles. The van der Waals surface area contributed by atoms with E-state index in [1.807, 2.05) is 0 Å². The van der Waals surface area contributed by atoms with E-state index < -0.39 is 36.0 Å². The molecule has 0 saturated heterocycles. The molecule has 0 aromatic carbocycles. The van der Waals surface area contributed by atoms with Crippen LogP contribution in [0.4, 0.5) is 26.3 Å². The Hall–Kier alpha value is -1.71. The molecule has 1 aromatic rings. The molecule has 0 aliphatic rings. The Kier molecular flexibility index (Phi) is 3.60. The summed E-state index contributed by atoms with van der Waals surface area (Å²) in [6, 6.07) is 0.387. The van der Waals surface area contributed by atoms with Crippen LogP contribution in [0.3, 0.4) is 0 Å². The lowest BCUT2D eigenvalue weighted by Crippen LogP contribution is -2.28. The fourth-order valence-electron chi connectivity index (χ4n) is 1.17. The maximum atomic E-state index is 12.4. The number of pyridine rings is 1. The standard InChI is InChI=1S/C8H6F6N2O2/c9-7(10,11)5-4(18-8(12,13)14)1-3(2-15)16-6(5)17/h1H,2,15H2,(H,16,17). The Balaban J connectivity index is 3.44. The average molecular weight is 276 g/mol. The molecule has 0 saturated carbocycles. The second-order valence-electron chi connectivity index (χ2n) is 3.11. The fraction of sp³-hybridized carbons (Fsp3) is 0.375. The number of nitrogens with two attached hydrogens (primary N) is 1. The van der Waals surface area contributed by atoms with E-state index in [9.17, 15) is 31.1 Å². The zero-order valence-electron chi connectivity index (χ0n) is 8.45. The van der Waals surface area contributed by atoms with Gasteiger partial charge in [-0.1, -0.05) is 0 Å². The Morgan fingerprint density at radius 2 is 1.78 bits per heavy atom. The molecule has 0 aliphatic heterocycles. The van der Waals surface area contributed by atoms with E-state index >= 15 is 0 Å². The van der Waals surface area contributed by atoms with Crippen molar-refractivity contribution in [3.63, 3.8) is 0 Å². The third kappa shape index (κ3) is 3.39. The molecular weight excluding hydrogens is 270 g/mol. The van der Waals surface area contributed by atoms with Crippen molar-refractivity contribution in [1.82, 2.24) is 4.98 Å². The summed E-state index contributed by atoms with van der Waals surface area (Å²) in [6.45, 7) is -0.443. The van der Waals surface area contributed by atoms with E-state index in [0.717, 1.165) is 0 Å². The third-order valence-electron chi connectivity index (χ3n) is 1.78. The van der Waals surface area contributed by atoms with Crippen molar-refractivity contribution in [2.24, 2.45) is 5.73 Å². The SMILES string of the molecule is NCc1cc(OC(F)(F)F)c(C(F)(F)F)c(=O)[nH]1. The van der Waals surface area contributed by atoms with Gasteiger partial charge in [-0.15, -0.1) is 13.2 Å². The van der Waals surface area contributed by atoms with Crippen molar-refractivity contribution in [3.05, 3.63) is 27.7 Å². The van der Waals surface area contributed by atoms with Crippen molar-refractivity contribution >= 4 is 0 Å². The molecule has 1 aromatic heterocycles. The van der Waals surface area contributed by atoms with Crippen molar-refractivity contribution in [1.29, 1.82) is 0 Å². The van der Waals surface area contributed by atoms with E-state index in [1.165, 1.54) is 0 Å². The lowest BCUT2D eigenvalue weighted by molar-refractivity contribution is -0.276. The van der Waals surface area contributed by atoms with E-state index in [1.54, 1.807) is 4.98 Å². The molecule has 10 heteroatoms. The number of ether oxygens (including phenoxy) is 1. The Morgan fingerprint density at radius 3 is 2.17 bits per heavy atom. The van der Waals surface area contributed by atoms with Crippen LogP contribution in [0.5, 0.6) is 5.75 Å². The quantitative estimate of drug-likeness (QED) is 0.808. The lowest BCUT2D eigenvalue weighted by atomic mass is 10.2. The summed E-state index contributed by atoms with van der Waals surface area (Å²) >= 11 is 0. The summed E-state index contributed by atoms with van der Waals surface area (Å²) < 4.78 is 76.3. The first-order chi connectivity index (χ1) is 8.04. The van der Waals surface area contributed by atoms with Gasteiger partial charge in [0, 0.05) is 18.3 Å². The van der Waals surface area contributed by atoms with Crippen molar-refractivity contribution < 1.29 is 31.1 Å². The van der Waals surface area contributed by atoms with Gasteiger partial charge in [0.05, 0.1) is 0 Å². The van der Waals surface area contributed by atoms with E-state index in [2.05, 4.69) is 4.74 Å². The molecule has 4 nitrogen and oxygen atoms in total. The Labute approximate surface area is 95.4 Å². The largest absolute Gasteiger partial charge is 0.573 e. The summed E-state index contributed by atoms with van der Waals surface area (Å²) in [5.41, 5.74) is 0.906. The van der Waals surface area contributed by atoms with Gasteiger partial charge in [-0.3, -0.25) is 4.79 Å². The number of nitrogens with one attached hydrogen (secondary N) is 1. The molecule has 0 fully saturated rings. The maximum absolute atomic E-state index is 12.4. The van der Waals surface area contributed by atoms with Crippen molar-refractivity contribution in [3.8, 4) is 5.75 Å². The van der Waals surface area contributed by atoms with E-state index in [-0.39, 0.29) is 5.69 Å². The van der Waals surface area contributed by atoms with Crippen LogP contribution in [0, 0.1) is 0 Å². The second-order valence-corrected chi connectivity index (χ2v) is 3.11. The van der Waals surface area contributed by atoms with Gasteiger partial charge in [0.25, 0.3) is 5.56 Å². The highest BCUT2D eigenvalue weighted by molar-refractivity contribution is 5.35. The number of hydrogen-bond donors (Lipinski definition) is 2. The van der Waals surface area contributed by atoms with Crippen LogP contribution >= 0.6 is 0 Å². The molecule has 0 radical (unpaired) electrons. The van der Waals surface area contributed by atoms with Crippen molar-refractivity contribution in [2.45, 2.75) is 19.1 Å². The number of H-pyrrole nitrogens is 1. The summed E-state index contributed by atoms with van der Waals surface area (Å²) in [7, 11) is 0. The molecule has 0 spiro atoms. The van der Waals surface area contributed by atoms with Crippen molar-refractivity contribution in [2.75, 3.05) is 0 Å². The number of aromatic nitrogens is 1. The Morgan fingerprint density at radius 1 is 1.22 bits per heavy atom. The molecule has 3 N–H and O–H groups in total. The molecule has 18 heavy (non-hydrogen) atoms. The van der Waals surface area contributed by atoms with Gasteiger partial charge in [0.1, 0.15) is 5.75 Å². The van der Waals surface area contributed by atoms with Crippen LogP contribution in [0.1, 0.15) is 11.3 Å². The first-order valence-electron chi connectivity index (χ1n) is 4.34. The average Bonchev–Trinajstić information content (AvgIpc) is 2.11. The fourth-order valence-corrected chi connectivity index (χ4v) is 1.17. The molecule has 0 unspecified atom stereocenters. The zero-order valence-corrected chi connectivity index (χ0v) is 8.45. The van der Waals surface area contributed by atoms with Gasteiger partial charge < -0.3 is 15.5 Å². The molecular formula is C8H6F6N2O2. The van der Waals surface area contributed by atoms with Crippen LogP contribution in [-0.2, 0) is 12.7 Å². The Bertz CT molecular complexity index is 490. The summed E-state index contributed by atoms with van der Waals surface area (Å²) in [5, 5.41) is 0. The topological polar surface area (TPSA) is 68.1 Å². The molecule has 102 valence electrons. The highest BCUT2D eigenvalue weighted by atomic mass is 19.4. The molecule has 0 amide bonds. The van der Waals surface area contributed by atoms with E-state index in [4.69, 9.17) is 5.73 Å². The number of aromatic amines is 1. The maximum Gasteiger partial charge on any atom is 0.573 e. The van der Waals surface area contributed by atoms with Gasteiger partial charge in [-0.05, 0) is 0 Å². The third-order valence-corrected chi connectivity index (χ3v) is 1.78. The molecule has 0 bridgehead atoms. The number of halogens is 6. The smallest absolute Gasteiger partial charge is 0.405 e. The molecule has 0 aliphatic carbocycles. The lowest BCUT2D eigenvalue weighted by Gasteiger charge is -2.15. The predicted molar refractivity (Wildman–Crippen MR) is 46.6 cm³/mol. The molecule has 1 rings (SSSR count). The van der Waals surface area contributed by atoms with Gasteiger partial charge in [-0.25, -0.2) is 0 Å². The normalized spacial score (nSPS) is 12.6. The molecule has 0 atom stereocenters. The number of rotatable bonds is 2. The predicted octanol–water partition coefficient (Wildman–Crippen LogP) is 1.75. The monoisotopic (exact) mass is 276 g/mol. The van der Waals surface area contributed by atoms with Gasteiger partial charge >= 0.3 is 12.5 Å². The van der Waals surface area contributed by atoms with Crippen LogP contribution in [0.15, 0.2) is 10.9 Å². The van der Waals surface area contributed by atoms with Gasteiger partial charge in [0.2, 0.25) is 0 Å². The summed E-state index contributed by atoms with van der Waals surface area (Å²) in [6.07, 6.45) is -10.6. The zero-order chi connectivity index (χ0) is 14.1. The van der Waals surface area contributed by atoms with Crippen LogP contribution < -0.4 is 16.0 Å². The van der Waals surface area contributed by atoms with Crippen LogP contribution in [0.2, 0.25) is 0 Å². The van der Waals surface area contributed by atoms with E-state index in [0.29, 0.717) is 6.07 Å².